The normalized spacial score (nSPS) is 18.2. The number of piperazine rings is 1. The first-order valence-electron chi connectivity index (χ1n) is 8.78. The summed E-state index contributed by atoms with van der Waals surface area (Å²) in [5, 5.41) is 3.74. The van der Waals surface area contributed by atoms with E-state index < -0.39 is 0 Å². The molecule has 0 unspecified atom stereocenters. The molecule has 1 saturated carbocycles. The Labute approximate surface area is 158 Å². The van der Waals surface area contributed by atoms with Crippen molar-refractivity contribution in [3.63, 3.8) is 0 Å². The molecule has 0 aromatic heterocycles. The van der Waals surface area contributed by atoms with E-state index in [0.717, 1.165) is 41.6 Å². The molecule has 2 fully saturated rings. The minimum absolute atomic E-state index is 0.113. The minimum atomic E-state index is 0.113. The number of rotatable bonds is 7. The lowest BCUT2D eigenvalue weighted by molar-refractivity contribution is -0.132. The van der Waals surface area contributed by atoms with Crippen LogP contribution in [-0.2, 0) is 9.59 Å². The van der Waals surface area contributed by atoms with Crippen molar-refractivity contribution in [1.82, 2.24) is 15.1 Å². The third-order valence-corrected chi connectivity index (χ3v) is 5.70. The van der Waals surface area contributed by atoms with Crippen molar-refractivity contribution in [2.75, 3.05) is 38.5 Å². The quantitative estimate of drug-likeness (QED) is 0.736. The van der Waals surface area contributed by atoms with E-state index in [0.29, 0.717) is 32.1 Å². The second kappa shape index (κ2) is 8.92. The van der Waals surface area contributed by atoms with Crippen LogP contribution in [0.3, 0.4) is 0 Å². The fourth-order valence-corrected chi connectivity index (χ4v) is 3.77. The van der Waals surface area contributed by atoms with E-state index in [1.165, 1.54) is 0 Å². The highest BCUT2D eigenvalue weighted by molar-refractivity contribution is 7.99. The number of benzene rings is 1. The molecule has 136 valence electrons. The fourth-order valence-electron chi connectivity index (χ4n) is 2.80. The van der Waals surface area contributed by atoms with Gasteiger partial charge in [0, 0.05) is 54.3 Å². The van der Waals surface area contributed by atoms with Crippen LogP contribution in [0.1, 0.15) is 19.3 Å². The molecule has 5 nitrogen and oxygen atoms in total. The number of nitrogens with one attached hydrogen (secondary N) is 1. The van der Waals surface area contributed by atoms with Gasteiger partial charge in [-0.15, -0.1) is 11.8 Å². The number of carbonyl (C=O) groups is 2. The highest BCUT2D eigenvalue weighted by Crippen LogP contribution is 2.21. The Balaban J connectivity index is 1.32. The zero-order valence-electron chi connectivity index (χ0n) is 14.2. The molecule has 2 aliphatic rings. The van der Waals surface area contributed by atoms with Gasteiger partial charge in [0.15, 0.2) is 0 Å². The Kier molecular flexibility index (Phi) is 6.62. The van der Waals surface area contributed by atoms with E-state index in [9.17, 15) is 9.59 Å². The number of halogens is 1. The van der Waals surface area contributed by atoms with E-state index in [1.807, 2.05) is 29.2 Å². The van der Waals surface area contributed by atoms with Crippen LogP contribution in [-0.4, -0.2) is 66.1 Å². The van der Waals surface area contributed by atoms with Crippen LogP contribution in [0.4, 0.5) is 0 Å². The summed E-state index contributed by atoms with van der Waals surface area (Å²) in [6.45, 7) is 3.41. The second-order valence-corrected chi connectivity index (χ2v) is 8.16. The van der Waals surface area contributed by atoms with E-state index >= 15 is 0 Å². The molecule has 0 atom stereocenters. The van der Waals surface area contributed by atoms with Gasteiger partial charge < -0.3 is 10.2 Å². The van der Waals surface area contributed by atoms with Gasteiger partial charge in [0.05, 0.1) is 6.54 Å². The second-order valence-electron chi connectivity index (χ2n) is 6.55. The minimum Gasteiger partial charge on any atom is -0.352 e. The van der Waals surface area contributed by atoms with Crippen LogP contribution in [0.2, 0.25) is 5.02 Å². The molecule has 1 aliphatic carbocycles. The van der Waals surface area contributed by atoms with Crippen molar-refractivity contribution in [2.45, 2.75) is 30.2 Å². The summed E-state index contributed by atoms with van der Waals surface area (Å²) in [4.78, 5) is 29.3. The van der Waals surface area contributed by atoms with Crippen LogP contribution < -0.4 is 5.32 Å². The zero-order valence-corrected chi connectivity index (χ0v) is 15.8. The predicted molar refractivity (Wildman–Crippen MR) is 101 cm³/mol. The van der Waals surface area contributed by atoms with E-state index in [-0.39, 0.29) is 11.8 Å². The Morgan fingerprint density at radius 3 is 2.44 bits per heavy atom. The average Bonchev–Trinajstić information content (AvgIpc) is 3.41. The van der Waals surface area contributed by atoms with Crippen molar-refractivity contribution >= 4 is 35.2 Å². The van der Waals surface area contributed by atoms with E-state index in [1.54, 1.807) is 11.8 Å². The molecule has 1 aromatic rings. The Morgan fingerprint density at radius 2 is 1.80 bits per heavy atom. The monoisotopic (exact) mass is 381 g/mol. The summed E-state index contributed by atoms with van der Waals surface area (Å²) in [6.07, 6.45) is 2.76. The summed E-state index contributed by atoms with van der Waals surface area (Å²) < 4.78 is 0. The summed E-state index contributed by atoms with van der Waals surface area (Å²) in [5.74, 6) is 1.08. The van der Waals surface area contributed by atoms with Crippen LogP contribution in [0.25, 0.3) is 0 Å². The number of hydrogen-bond donors (Lipinski definition) is 1. The molecule has 1 aliphatic heterocycles. The van der Waals surface area contributed by atoms with E-state index in [2.05, 4.69) is 10.2 Å². The molecule has 0 radical (unpaired) electrons. The maximum absolute atomic E-state index is 12.3. The highest BCUT2D eigenvalue weighted by atomic mass is 35.5. The molecule has 0 spiro atoms. The Hall–Kier alpha value is -1.24. The maximum Gasteiger partial charge on any atom is 0.234 e. The van der Waals surface area contributed by atoms with E-state index in [4.69, 9.17) is 11.6 Å². The number of carbonyl (C=O) groups excluding carboxylic acids is 2. The van der Waals surface area contributed by atoms with Gasteiger partial charge in [0.2, 0.25) is 11.8 Å². The molecule has 1 aromatic carbocycles. The largest absolute Gasteiger partial charge is 0.352 e. The van der Waals surface area contributed by atoms with Crippen molar-refractivity contribution in [1.29, 1.82) is 0 Å². The van der Waals surface area contributed by atoms with Crippen LogP contribution >= 0.6 is 23.4 Å². The molecule has 25 heavy (non-hydrogen) atoms. The van der Waals surface area contributed by atoms with Gasteiger partial charge in [0.25, 0.3) is 0 Å². The average molecular weight is 382 g/mol. The van der Waals surface area contributed by atoms with Gasteiger partial charge >= 0.3 is 0 Å². The van der Waals surface area contributed by atoms with Gasteiger partial charge in [-0.2, -0.15) is 0 Å². The lowest BCUT2D eigenvalue weighted by atomic mass is 10.3. The van der Waals surface area contributed by atoms with Crippen LogP contribution in [0.5, 0.6) is 0 Å². The highest BCUT2D eigenvalue weighted by Gasteiger charge is 2.26. The fraction of sp³-hybridized carbons (Fsp3) is 0.556. The molecule has 7 heteroatoms. The molecule has 1 heterocycles. The molecule has 2 amide bonds. The lowest BCUT2D eigenvalue weighted by Gasteiger charge is -2.34. The third kappa shape index (κ3) is 6.20. The summed E-state index contributed by atoms with van der Waals surface area (Å²) in [5.41, 5.74) is 0. The third-order valence-electron chi connectivity index (χ3n) is 4.43. The first-order chi connectivity index (χ1) is 12.1. The molecule has 1 N–H and O–H groups in total. The molecular weight excluding hydrogens is 358 g/mol. The van der Waals surface area contributed by atoms with Gasteiger partial charge in [-0.25, -0.2) is 0 Å². The van der Waals surface area contributed by atoms with Crippen molar-refractivity contribution in [3.05, 3.63) is 29.3 Å². The van der Waals surface area contributed by atoms with Crippen molar-refractivity contribution < 1.29 is 9.59 Å². The SMILES string of the molecule is O=C(CN1CCN(C(=O)CCSc2ccc(Cl)cc2)CC1)NC1CC1. The number of hydrogen-bond acceptors (Lipinski definition) is 4. The van der Waals surface area contributed by atoms with Gasteiger partial charge in [-0.3, -0.25) is 14.5 Å². The van der Waals surface area contributed by atoms with Crippen molar-refractivity contribution in [3.8, 4) is 0 Å². The molecular formula is C18H24ClN3O2S. The van der Waals surface area contributed by atoms with Gasteiger partial charge in [-0.1, -0.05) is 11.6 Å². The maximum atomic E-state index is 12.3. The predicted octanol–water partition coefficient (Wildman–Crippen LogP) is 2.25. The van der Waals surface area contributed by atoms with Gasteiger partial charge in [0.1, 0.15) is 0 Å². The molecule has 1 saturated heterocycles. The van der Waals surface area contributed by atoms with Gasteiger partial charge in [-0.05, 0) is 37.1 Å². The van der Waals surface area contributed by atoms with Crippen LogP contribution in [0, 0.1) is 0 Å². The first-order valence-corrected chi connectivity index (χ1v) is 10.1. The van der Waals surface area contributed by atoms with Crippen molar-refractivity contribution in [2.24, 2.45) is 0 Å². The number of amides is 2. The Bertz CT molecular complexity index is 599. The first kappa shape index (κ1) is 18.5. The Morgan fingerprint density at radius 1 is 1.12 bits per heavy atom. The summed E-state index contributed by atoms with van der Waals surface area (Å²) in [7, 11) is 0. The standard InChI is InChI=1S/C18H24ClN3O2S/c19-14-1-5-16(6-2-14)25-12-7-18(24)22-10-8-21(9-11-22)13-17(23)20-15-3-4-15/h1-2,5-6,15H,3-4,7-13H2,(H,20,23). The molecule has 3 rings (SSSR count). The van der Waals surface area contributed by atoms with Crippen LogP contribution in [0.15, 0.2) is 29.2 Å². The lowest BCUT2D eigenvalue weighted by Crippen LogP contribution is -2.51. The zero-order chi connectivity index (χ0) is 17.6. The summed E-state index contributed by atoms with van der Waals surface area (Å²) in [6, 6.07) is 8.09. The number of thioether (sulfide) groups is 1. The topological polar surface area (TPSA) is 52.7 Å². The molecule has 0 bridgehead atoms. The summed E-state index contributed by atoms with van der Waals surface area (Å²) >= 11 is 7.54. The number of nitrogens with zero attached hydrogens (tertiary/aromatic N) is 2. The smallest absolute Gasteiger partial charge is 0.234 e.